The van der Waals surface area contributed by atoms with Crippen LogP contribution in [0.15, 0.2) is 12.7 Å². The van der Waals surface area contributed by atoms with Crippen molar-refractivity contribution in [3.63, 3.8) is 0 Å². The topological polar surface area (TPSA) is 52.6 Å². The molecule has 0 spiro atoms. The van der Waals surface area contributed by atoms with E-state index >= 15 is 0 Å². The molecular formula is C25H38O4. The molecule has 0 radical (unpaired) electrons. The fourth-order valence-corrected chi connectivity index (χ4v) is 8.35. The molecule has 4 fully saturated rings. The van der Waals surface area contributed by atoms with Crippen molar-refractivity contribution in [3.8, 4) is 0 Å². The van der Waals surface area contributed by atoms with Crippen molar-refractivity contribution in [1.82, 2.24) is 0 Å². The molecule has 4 heteroatoms. The van der Waals surface area contributed by atoms with E-state index in [4.69, 9.17) is 9.47 Å². The monoisotopic (exact) mass is 402 g/mol. The highest BCUT2D eigenvalue weighted by Gasteiger charge is 2.62. The van der Waals surface area contributed by atoms with Gasteiger partial charge < -0.3 is 9.47 Å². The summed E-state index contributed by atoms with van der Waals surface area (Å²) in [5.41, 5.74) is 0.509. The average molecular weight is 403 g/mol. The molecule has 4 nitrogen and oxygen atoms in total. The van der Waals surface area contributed by atoms with Gasteiger partial charge in [-0.25, -0.2) is 0 Å². The number of fused-ring (bicyclic) bond motifs is 5. The quantitative estimate of drug-likeness (QED) is 0.474. The van der Waals surface area contributed by atoms with Gasteiger partial charge in [-0.15, -0.1) is 6.58 Å². The molecule has 4 rings (SSSR count). The van der Waals surface area contributed by atoms with Gasteiger partial charge in [0.15, 0.2) is 0 Å². The first-order valence-electron chi connectivity index (χ1n) is 11.7. The highest BCUT2D eigenvalue weighted by molar-refractivity contribution is 5.66. The number of hydrogen-bond donors (Lipinski definition) is 0. The SMILES string of the molecule is C=C[C@H]1CC[C@H]2[C@@H]3C[C@H](OC(C)=O)[C@H]4C[C@@H](OC(C)=O)CC[C@]4(C)[C@H]3CC[C@]12C. The summed E-state index contributed by atoms with van der Waals surface area (Å²) in [5, 5.41) is 0. The molecule has 4 aliphatic carbocycles. The molecule has 0 heterocycles. The zero-order valence-electron chi connectivity index (χ0n) is 18.6. The predicted octanol–water partition coefficient (Wildman–Crippen LogP) is 5.30. The summed E-state index contributed by atoms with van der Waals surface area (Å²) < 4.78 is 11.6. The minimum absolute atomic E-state index is 0.0364. The van der Waals surface area contributed by atoms with Crippen LogP contribution in [0.3, 0.4) is 0 Å². The van der Waals surface area contributed by atoms with E-state index in [1.807, 2.05) is 0 Å². The van der Waals surface area contributed by atoms with E-state index in [0.29, 0.717) is 29.1 Å². The van der Waals surface area contributed by atoms with Gasteiger partial charge in [-0.1, -0.05) is 19.9 Å². The van der Waals surface area contributed by atoms with Crippen molar-refractivity contribution < 1.29 is 19.1 Å². The third-order valence-corrected chi connectivity index (χ3v) is 9.61. The molecule has 162 valence electrons. The standard InChI is InChI=1S/C25H38O4/c1-6-17-7-8-20-19-14-23(29-16(3)27)22-13-18(28-15(2)26)9-11-25(22,5)21(19)10-12-24(17,20)4/h6,17-23H,1,7-14H2,2-5H3/t17-,18-,19-,20-,21-,22+,23-,24+,25+/m0/s1. The van der Waals surface area contributed by atoms with E-state index < -0.39 is 0 Å². The van der Waals surface area contributed by atoms with Gasteiger partial charge in [0.2, 0.25) is 0 Å². The Morgan fingerprint density at radius 3 is 2.17 bits per heavy atom. The van der Waals surface area contributed by atoms with Gasteiger partial charge in [0.25, 0.3) is 0 Å². The molecule has 0 aromatic rings. The molecule has 0 amide bonds. The molecule has 0 aromatic heterocycles. The number of esters is 2. The van der Waals surface area contributed by atoms with Crippen LogP contribution in [0.4, 0.5) is 0 Å². The number of carbonyl (C=O) groups is 2. The Balaban J connectivity index is 1.64. The first-order valence-corrected chi connectivity index (χ1v) is 11.7. The molecular weight excluding hydrogens is 364 g/mol. The molecule has 0 bridgehead atoms. The highest BCUT2D eigenvalue weighted by atomic mass is 16.5. The summed E-state index contributed by atoms with van der Waals surface area (Å²) in [7, 11) is 0. The van der Waals surface area contributed by atoms with Crippen molar-refractivity contribution in [3.05, 3.63) is 12.7 Å². The van der Waals surface area contributed by atoms with Gasteiger partial charge in [0.05, 0.1) is 0 Å². The fourth-order valence-electron chi connectivity index (χ4n) is 8.35. The van der Waals surface area contributed by atoms with Gasteiger partial charge in [-0.05, 0) is 85.9 Å². The maximum atomic E-state index is 12.0. The third-order valence-electron chi connectivity index (χ3n) is 9.61. The summed E-state index contributed by atoms with van der Waals surface area (Å²) >= 11 is 0. The Kier molecular flexibility index (Phi) is 5.36. The van der Waals surface area contributed by atoms with Crippen LogP contribution < -0.4 is 0 Å². The summed E-state index contributed by atoms with van der Waals surface area (Å²) in [5.74, 6) is 2.52. The highest BCUT2D eigenvalue weighted by Crippen LogP contribution is 2.67. The predicted molar refractivity (Wildman–Crippen MR) is 112 cm³/mol. The molecule has 29 heavy (non-hydrogen) atoms. The average Bonchev–Trinajstić information content (AvgIpc) is 2.98. The summed E-state index contributed by atoms with van der Waals surface area (Å²) in [4.78, 5) is 23.5. The van der Waals surface area contributed by atoms with Crippen LogP contribution >= 0.6 is 0 Å². The van der Waals surface area contributed by atoms with Gasteiger partial charge in [0, 0.05) is 19.8 Å². The van der Waals surface area contributed by atoms with Crippen LogP contribution in [0.1, 0.15) is 79.1 Å². The van der Waals surface area contributed by atoms with Crippen LogP contribution in [0, 0.1) is 40.4 Å². The Morgan fingerprint density at radius 1 is 0.862 bits per heavy atom. The summed E-state index contributed by atoms with van der Waals surface area (Å²) in [6, 6.07) is 0. The van der Waals surface area contributed by atoms with E-state index in [1.54, 1.807) is 0 Å². The molecule has 4 saturated carbocycles. The van der Waals surface area contributed by atoms with Crippen molar-refractivity contribution in [2.45, 2.75) is 91.3 Å². The van der Waals surface area contributed by atoms with Crippen LogP contribution in [-0.2, 0) is 19.1 Å². The first-order chi connectivity index (χ1) is 13.7. The van der Waals surface area contributed by atoms with Crippen LogP contribution in [-0.4, -0.2) is 24.1 Å². The Labute approximate surface area is 175 Å². The van der Waals surface area contributed by atoms with Gasteiger partial charge in [-0.3, -0.25) is 9.59 Å². The lowest BCUT2D eigenvalue weighted by Gasteiger charge is -2.62. The van der Waals surface area contributed by atoms with E-state index in [-0.39, 0.29) is 35.5 Å². The van der Waals surface area contributed by atoms with Crippen LogP contribution in [0.25, 0.3) is 0 Å². The second-order valence-corrected chi connectivity index (χ2v) is 10.8. The van der Waals surface area contributed by atoms with Crippen molar-refractivity contribution in [1.29, 1.82) is 0 Å². The smallest absolute Gasteiger partial charge is 0.302 e. The molecule has 9 atom stereocenters. The normalized spacial score (nSPS) is 48.6. The molecule has 0 aromatic carbocycles. The number of hydrogen-bond acceptors (Lipinski definition) is 4. The largest absolute Gasteiger partial charge is 0.463 e. The summed E-state index contributed by atoms with van der Waals surface area (Å²) in [6.45, 7) is 12.1. The third kappa shape index (κ3) is 3.35. The molecule has 0 aliphatic heterocycles. The fraction of sp³-hybridized carbons (Fsp3) is 0.840. The van der Waals surface area contributed by atoms with Gasteiger partial charge in [0.1, 0.15) is 12.2 Å². The van der Waals surface area contributed by atoms with Gasteiger partial charge >= 0.3 is 11.9 Å². The number of allylic oxidation sites excluding steroid dienone is 1. The van der Waals surface area contributed by atoms with E-state index in [2.05, 4.69) is 26.5 Å². The van der Waals surface area contributed by atoms with Crippen molar-refractivity contribution in [2.24, 2.45) is 40.4 Å². The van der Waals surface area contributed by atoms with Crippen molar-refractivity contribution >= 4 is 11.9 Å². The van der Waals surface area contributed by atoms with E-state index in [1.165, 1.54) is 39.5 Å². The zero-order chi connectivity index (χ0) is 21.0. The minimum atomic E-state index is -0.203. The Morgan fingerprint density at radius 2 is 1.52 bits per heavy atom. The second kappa shape index (κ2) is 7.42. The number of ether oxygens (including phenoxy) is 2. The molecule has 0 unspecified atom stereocenters. The van der Waals surface area contributed by atoms with Crippen LogP contribution in [0.5, 0.6) is 0 Å². The van der Waals surface area contributed by atoms with Gasteiger partial charge in [-0.2, -0.15) is 0 Å². The lowest BCUT2D eigenvalue weighted by molar-refractivity contribution is -0.195. The van der Waals surface area contributed by atoms with Crippen LogP contribution in [0.2, 0.25) is 0 Å². The summed E-state index contributed by atoms with van der Waals surface area (Å²) in [6.07, 6.45) is 11.0. The Hall–Kier alpha value is -1.32. The Bertz CT molecular complexity index is 686. The lowest BCUT2D eigenvalue weighted by Crippen LogP contribution is -2.59. The maximum absolute atomic E-state index is 12.0. The maximum Gasteiger partial charge on any atom is 0.302 e. The number of rotatable bonds is 3. The minimum Gasteiger partial charge on any atom is -0.463 e. The van der Waals surface area contributed by atoms with E-state index in [9.17, 15) is 9.59 Å². The van der Waals surface area contributed by atoms with Crippen molar-refractivity contribution in [2.75, 3.05) is 0 Å². The molecule has 0 N–H and O–H groups in total. The van der Waals surface area contributed by atoms with E-state index in [0.717, 1.165) is 25.7 Å². The number of carbonyl (C=O) groups excluding carboxylic acids is 2. The molecule has 4 aliphatic rings. The first kappa shape index (κ1) is 20.9. The lowest BCUT2D eigenvalue weighted by atomic mass is 9.44. The zero-order valence-corrected chi connectivity index (χ0v) is 18.6. The molecule has 0 saturated heterocycles. The second-order valence-electron chi connectivity index (χ2n) is 10.8.